The van der Waals surface area contributed by atoms with E-state index in [1.807, 2.05) is 0 Å². The summed E-state index contributed by atoms with van der Waals surface area (Å²) < 4.78 is 4.79. The maximum absolute atomic E-state index is 2.47. The fourth-order valence-corrected chi connectivity index (χ4v) is 11.9. The molecule has 15 aromatic rings. The molecule has 3 heteroatoms. The van der Waals surface area contributed by atoms with Crippen LogP contribution in [0.25, 0.3) is 121 Å². The monoisotopic (exact) mass is 927 g/mol. The summed E-state index contributed by atoms with van der Waals surface area (Å²) in [6.07, 6.45) is 0. The van der Waals surface area contributed by atoms with Crippen molar-refractivity contribution in [3.05, 3.63) is 273 Å². The number of nitrogens with zero attached hydrogens (tertiary/aromatic N) is 3. The zero-order valence-electron chi connectivity index (χ0n) is 39.8. The van der Waals surface area contributed by atoms with Crippen molar-refractivity contribution in [1.29, 1.82) is 0 Å². The Morgan fingerprint density at radius 2 is 0.712 bits per heavy atom. The molecule has 0 unspecified atom stereocenters. The van der Waals surface area contributed by atoms with Gasteiger partial charge in [-0.05, 0) is 158 Å². The van der Waals surface area contributed by atoms with Gasteiger partial charge in [-0.1, -0.05) is 170 Å². The fourth-order valence-electron chi connectivity index (χ4n) is 11.9. The summed E-state index contributed by atoms with van der Waals surface area (Å²) in [7, 11) is 0. The Labute approximate surface area is 422 Å². The van der Waals surface area contributed by atoms with Crippen molar-refractivity contribution < 1.29 is 0 Å². The van der Waals surface area contributed by atoms with E-state index in [4.69, 9.17) is 0 Å². The molecule has 0 aliphatic carbocycles. The Kier molecular flexibility index (Phi) is 9.26. The van der Waals surface area contributed by atoms with Crippen LogP contribution >= 0.6 is 0 Å². The summed E-state index contributed by atoms with van der Waals surface area (Å²) in [4.78, 5) is 2.47. The highest BCUT2D eigenvalue weighted by Gasteiger charge is 2.23. The lowest BCUT2D eigenvalue weighted by Gasteiger charge is -2.30. The molecule has 2 aromatic heterocycles. The van der Waals surface area contributed by atoms with Gasteiger partial charge in [0.2, 0.25) is 0 Å². The number of fused-ring (bicyclic) bond motifs is 6. The minimum atomic E-state index is 1.10. The van der Waals surface area contributed by atoms with E-state index in [0.717, 1.165) is 61.8 Å². The van der Waals surface area contributed by atoms with E-state index >= 15 is 0 Å². The zero-order chi connectivity index (χ0) is 48.0. The van der Waals surface area contributed by atoms with Gasteiger partial charge < -0.3 is 14.0 Å². The topological polar surface area (TPSA) is 13.1 Å². The maximum Gasteiger partial charge on any atom is 0.0541 e. The van der Waals surface area contributed by atoms with Crippen molar-refractivity contribution in [1.82, 2.24) is 9.13 Å². The minimum Gasteiger partial charge on any atom is -0.309 e. The molecule has 0 amide bonds. The molecule has 0 aliphatic heterocycles. The molecule has 0 radical (unpaired) electrons. The van der Waals surface area contributed by atoms with Crippen molar-refractivity contribution in [2.24, 2.45) is 0 Å². The molecule has 73 heavy (non-hydrogen) atoms. The second kappa shape index (κ2) is 16.4. The molecule has 0 N–H and O–H groups in total. The Morgan fingerprint density at radius 1 is 0.247 bits per heavy atom. The van der Waals surface area contributed by atoms with Crippen LogP contribution in [0.5, 0.6) is 0 Å². The van der Waals surface area contributed by atoms with Gasteiger partial charge >= 0.3 is 0 Å². The summed E-state index contributed by atoms with van der Waals surface area (Å²) in [6, 6.07) is 101. The summed E-state index contributed by atoms with van der Waals surface area (Å²) in [5.41, 5.74) is 17.3. The number of aromatic nitrogens is 2. The molecule has 0 aliphatic rings. The van der Waals surface area contributed by atoms with Crippen LogP contribution in [0.2, 0.25) is 0 Å². The lowest BCUT2D eigenvalue weighted by molar-refractivity contribution is 1.18. The van der Waals surface area contributed by atoms with Crippen LogP contribution in [0.1, 0.15) is 0 Å². The number of hydrogen-bond acceptors (Lipinski definition) is 1. The zero-order valence-corrected chi connectivity index (χ0v) is 39.8. The molecule has 0 saturated carbocycles. The first-order valence-electron chi connectivity index (χ1n) is 25.2. The van der Waals surface area contributed by atoms with Gasteiger partial charge in [0.15, 0.2) is 0 Å². The van der Waals surface area contributed by atoms with E-state index < -0.39 is 0 Å². The maximum atomic E-state index is 2.47. The Morgan fingerprint density at radius 3 is 1.32 bits per heavy atom. The van der Waals surface area contributed by atoms with E-state index in [2.05, 4.69) is 287 Å². The van der Waals surface area contributed by atoms with Crippen molar-refractivity contribution >= 4 is 93.0 Å². The number of anilines is 3. The SMILES string of the molecule is c1ccc(N(c2ccccc2-c2cc(-c3ccc4c(c3)c3ccccc3n4-c3ccccc3)cc(-c3ccc4c(c3)c3ccccc3n4-c3ccccc3)c2)c2ccc3ccc4cccc5ccc2c3c45)cc1. The molecular formula is C70H45N3. The van der Waals surface area contributed by atoms with Crippen molar-refractivity contribution in [3.63, 3.8) is 0 Å². The molecule has 0 spiro atoms. The van der Waals surface area contributed by atoms with Crippen molar-refractivity contribution in [2.45, 2.75) is 0 Å². The van der Waals surface area contributed by atoms with Gasteiger partial charge in [-0.25, -0.2) is 0 Å². The van der Waals surface area contributed by atoms with E-state index in [0.29, 0.717) is 0 Å². The van der Waals surface area contributed by atoms with Crippen LogP contribution in [-0.2, 0) is 0 Å². The van der Waals surface area contributed by atoms with Crippen molar-refractivity contribution in [2.75, 3.05) is 4.90 Å². The highest BCUT2D eigenvalue weighted by molar-refractivity contribution is 6.26. The largest absolute Gasteiger partial charge is 0.309 e. The first-order chi connectivity index (χ1) is 36.2. The van der Waals surface area contributed by atoms with Crippen LogP contribution in [-0.4, -0.2) is 9.13 Å². The summed E-state index contributed by atoms with van der Waals surface area (Å²) in [5, 5.41) is 12.5. The molecule has 2 heterocycles. The summed E-state index contributed by atoms with van der Waals surface area (Å²) in [5.74, 6) is 0. The molecular weight excluding hydrogens is 883 g/mol. The first-order valence-corrected chi connectivity index (χ1v) is 25.2. The normalized spacial score (nSPS) is 11.8. The predicted octanol–water partition coefficient (Wildman–Crippen LogP) is 19.2. The lowest BCUT2D eigenvalue weighted by Crippen LogP contribution is -2.11. The third-order valence-corrected chi connectivity index (χ3v) is 15.2. The van der Waals surface area contributed by atoms with Gasteiger partial charge in [-0.2, -0.15) is 0 Å². The third-order valence-electron chi connectivity index (χ3n) is 15.2. The molecule has 0 fully saturated rings. The summed E-state index contributed by atoms with van der Waals surface area (Å²) in [6.45, 7) is 0. The second-order valence-corrected chi connectivity index (χ2v) is 19.3. The Bertz CT molecular complexity index is 4410. The van der Waals surface area contributed by atoms with Crippen LogP contribution < -0.4 is 4.90 Å². The number of rotatable bonds is 8. The number of hydrogen-bond donors (Lipinski definition) is 0. The highest BCUT2D eigenvalue weighted by atomic mass is 15.1. The molecule has 0 bridgehead atoms. The lowest BCUT2D eigenvalue weighted by atomic mass is 9.91. The molecule has 0 saturated heterocycles. The second-order valence-electron chi connectivity index (χ2n) is 19.3. The molecule has 13 aromatic carbocycles. The van der Waals surface area contributed by atoms with E-state index in [-0.39, 0.29) is 0 Å². The first kappa shape index (κ1) is 41.1. The van der Waals surface area contributed by atoms with Crippen LogP contribution in [0, 0.1) is 0 Å². The van der Waals surface area contributed by atoms with Gasteiger partial charge in [0.25, 0.3) is 0 Å². The smallest absolute Gasteiger partial charge is 0.0541 e. The highest BCUT2D eigenvalue weighted by Crippen LogP contribution is 2.48. The van der Waals surface area contributed by atoms with Gasteiger partial charge in [-0.3, -0.25) is 0 Å². The Balaban J connectivity index is 0.976. The summed E-state index contributed by atoms with van der Waals surface area (Å²) >= 11 is 0. The molecule has 340 valence electrons. The average Bonchev–Trinajstić information content (AvgIpc) is 3.98. The van der Waals surface area contributed by atoms with Crippen molar-refractivity contribution in [3.8, 4) is 44.8 Å². The van der Waals surface area contributed by atoms with E-state index in [1.54, 1.807) is 0 Å². The van der Waals surface area contributed by atoms with Crippen LogP contribution in [0.4, 0.5) is 17.1 Å². The van der Waals surface area contributed by atoms with Gasteiger partial charge in [0, 0.05) is 49.6 Å². The molecule has 3 nitrogen and oxygen atoms in total. The van der Waals surface area contributed by atoms with Gasteiger partial charge in [0.05, 0.1) is 33.4 Å². The third kappa shape index (κ3) is 6.53. The van der Waals surface area contributed by atoms with Crippen LogP contribution in [0.15, 0.2) is 273 Å². The molecule has 0 atom stereocenters. The number of para-hydroxylation sites is 6. The quantitative estimate of drug-likeness (QED) is 0.138. The fraction of sp³-hybridized carbons (Fsp3) is 0. The van der Waals surface area contributed by atoms with E-state index in [1.165, 1.54) is 75.9 Å². The van der Waals surface area contributed by atoms with E-state index in [9.17, 15) is 0 Å². The standard InChI is InChI=1S/C70H45N3/c1-4-19-54(20-5-1)71(66-38-34-48-32-31-46-17-16-18-47-33-37-60(66)70(48)69(46)47)63-28-13-10-25-57(63)53-42-51(49-35-39-67-61(44-49)58-26-11-14-29-64(58)72(67)55-21-6-2-7-22-55)41-52(43-53)50-36-40-68-62(45-50)59-27-12-15-30-65(59)73(68)56-23-8-3-9-24-56/h1-45H. The predicted molar refractivity (Wildman–Crippen MR) is 310 cm³/mol. The average molecular weight is 928 g/mol. The van der Waals surface area contributed by atoms with Gasteiger partial charge in [-0.15, -0.1) is 0 Å². The Hall–Kier alpha value is -9.70. The van der Waals surface area contributed by atoms with Gasteiger partial charge in [0.1, 0.15) is 0 Å². The van der Waals surface area contributed by atoms with Crippen LogP contribution in [0.3, 0.4) is 0 Å². The number of benzene rings is 13. The minimum absolute atomic E-state index is 1.10. The molecule has 15 rings (SSSR count).